The second-order valence-electron chi connectivity index (χ2n) is 4.31. The molecule has 1 fully saturated rings. The first-order chi connectivity index (χ1) is 9.36. The molecule has 2 N–H and O–H groups in total. The van der Waals surface area contributed by atoms with Crippen LogP contribution in [0.5, 0.6) is 5.75 Å². The van der Waals surface area contributed by atoms with E-state index in [9.17, 15) is 8.42 Å². The van der Waals surface area contributed by atoms with Crippen LogP contribution >= 0.6 is 0 Å². The molecule has 0 bridgehead atoms. The zero-order valence-corrected chi connectivity index (χ0v) is 11.7. The number of piperazine rings is 1. The Bertz CT molecular complexity index is 544. The highest BCUT2D eigenvalue weighted by molar-refractivity contribution is 7.88. The molecule has 20 heavy (non-hydrogen) atoms. The normalized spacial score (nSPS) is 17.1. The summed E-state index contributed by atoms with van der Waals surface area (Å²) in [7, 11) is -5.08. The van der Waals surface area contributed by atoms with Gasteiger partial charge >= 0.3 is 7.32 Å². The number of sulfonamides is 1. The lowest BCUT2D eigenvalue weighted by molar-refractivity contribution is 0.287. The van der Waals surface area contributed by atoms with E-state index in [1.165, 1.54) is 23.0 Å². The van der Waals surface area contributed by atoms with E-state index in [4.69, 9.17) is 10.0 Å². The molecule has 1 aliphatic heterocycles. The Morgan fingerprint density at radius 3 is 2.20 bits per heavy atom. The first-order valence-corrected chi connectivity index (χ1v) is 7.76. The van der Waals surface area contributed by atoms with Crippen molar-refractivity contribution in [1.29, 1.82) is 0 Å². The third kappa shape index (κ3) is 3.79. The fourth-order valence-corrected chi connectivity index (χ4v) is 2.70. The average molecular weight is 302 g/mol. The maximum absolute atomic E-state index is 11.4. The lowest BCUT2D eigenvalue weighted by Crippen LogP contribution is -2.48. The van der Waals surface area contributed by atoms with Gasteiger partial charge in [-0.2, -0.15) is 4.31 Å². The van der Waals surface area contributed by atoms with E-state index in [1.54, 1.807) is 0 Å². The van der Waals surface area contributed by atoms with Gasteiger partial charge in [-0.05, 0) is 0 Å². The predicted octanol–water partition coefficient (Wildman–Crippen LogP) is -2.09. The first kappa shape index (κ1) is 15.0. The van der Waals surface area contributed by atoms with Crippen molar-refractivity contribution in [3.8, 4) is 5.75 Å². The number of hydrogen-bond acceptors (Lipinski definition) is 8. The molecule has 0 unspecified atom stereocenters. The molecule has 2 heterocycles. The van der Waals surface area contributed by atoms with Gasteiger partial charge in [0.1, 0.15) is 5.75 Å². The van der Waals surface area contributed by atoms with E-state index in [0.29, 0.717) is 32.1 Å². The van der Waals surface area contributed by atoms with Gasteiger partial charge < -0.3 is 19.6 Å². The third-order valence-electron chi connectivity index (χ3n) is 2.85. The van der Waals surface area contributed by atoms with Crippen LogP contribution in [-0.4, -0.2) is 72.5 Å². The van der Waals surface area contributed by atoms with E-state index < -0.39 is 17.3 Å². The molecule has 0 spiro atoms. The van der Waals surface area contributed by atoms with Crippen LogP contribution in [0.15, 0.2) is 12.4 Å². The Labute approximate surface area is 117 Å². The molecule has 0 aromatic carbocycles. The van der Waals surface area contributed by atoms with Crippen molar-refractivity contribution >= 4 is 23.3 Å². The zero-order valence-electron chi connectivity index (χ0n) is 10.9. The minimum atomic E-state index is -3.16. The van der Waals surface area contributed by atoms with Gasteiger partial charge in [0.2, 0.25) is 16.0 Å². The van der Waals surface area contributed by atoms with E-state index in [-0.39, 0.29) is 5.75 Å². The van der Waals surface area contributed by atoms with Crippen LogP contribution < -0.4 is 9.55 Å². The van der Waals surface area contributed by atoms with Crippen molar-refractivity contribution in [2.24, 2.45) is 0 Å². The Morgan fingerprint density at radius 2 is 1.75 bits per heavy atom. The van der Waals surface area contributed by atoms with Crippen LogP contribution in [0.3, 0.4) is 0 Å². The first-order valence-electron chi connectivity index (χ1n) is 5.91. The van der Waals surface area contributed by atoms with Gasteiger partial charge in [-0.25, -0.2) is 18.4 Å². The molecule has 0 radical (unpaired) electrons. The number of hydrogen-bond donors (Lipinski definition) is 2. The summed E-state index contributed by atoms with van der Waals surface area (Å²) in [6.07, 6.45) is 3.83. The van der Waals surface area contributed by atoms with Crippen molar-refractivity contribution in [2.75, 3.05) is 37.3 Å². The Balaban J connectivity index is 1.97. The van der Waals surface area contributed by atoms with Crippen LogP contribution in [-0.2, 0) is 10.0 Å². The van der Waals surface area contributed by atoms with Crippen LogP contribution in [0.4, 0.5) is 5.95 Å². The minimum absolute atomic E-state index is 0.138. The summed E-state index contributed by atoms with van der Waals surface area (Å²) in [6.45, 7) is 1.76. The number of nitrogens with zero attached hydrogens (tertiary/aromatic N) is 4. The van der Waals surface area contributed by atoms with Gasteiger partial charge in [0.25, 0.3) is 0 Å². The maximum atomic E-state index is 11.4. The summed E-state index contributed by atoms with van der Waals surface area (Å²) in [6, 6.07) is 0. The predicted molar refractivity (Wildman–Crippen MR) is 71.5 cm³/mol. The highest BCUT2D eigenvalue weighted by Gasteiger charge is 2.24. The summed E-state index contributed by atoms with van der Waals surface area (Å²) in [5.74, 6) is 0.580. The molecule has 0 atom stereocenters. The van der Waals surface area contributed by atoms with Crippen molar-refractivity contribution in [3.05, 3.63) is 12.4 Å². The second kappa shape index (κ2) is 5.91. The molecule has 2 rings (SSSR count). The molecule has 11 heteroatoms. The molecule has 0 saturated carbocycles. The van der Waals surface area contributed by atoms with E-state index in [0.717, 1.165) is 0 Å². The third-order valence-corrected chi connectivity index (χ3v) is 4.15. The molecule has 1 aromatic heterocycles. The fraction of sp³-hybridized carbons (Fsp3) is 0.556. The summed E-state index contributed by atoms with van der Waals surface area (Å²) >= 11 is 0. The summed E-state index contributed by atoms with van der Waals surface area (Å²) in [5, 5.41) is 17.3. The highest BCUT2D eigenvalue weighted by Crippen LogP contribution is 2.15. The molecule has 1 saturated heterocycles. The van der Waals surface area contributed by atoms with Gasteiger partial charge in [-0.3, -0.25) is 0 Å². The lowest BCUT2D eigenvalue weighted by Gasteiger charge is -2.33. The van der Waals surface area contributed by atoms with Crippen molar-refractivity contribution in [3.63, 3.8) is 0 Å². The summed E-state index contributed by atoms with van der Waals surface area (Å²) in [5.41, 5.74) is 0. The molecular formula is C9H15BN4O5S. The number of aromatic nitrogens is 2. The number of rotatable bonds is 4. The zero-order chi connectivity index (χ0) is 14.8. The average Bonchev–Trinajstić information content (AvgIpc) is 2.38. The molecule has 1 aromatic rings. The van der Waals surface area contributed by atoms with Crippen molar-refractivity contribution in [1.82, 2.24) is 14.3 Å². The summed E-state index contributed by atoms with van der Waals surface area (Å²) < 4.78 is 28.8. The van der Waals surface area contributed by atoms with Gasteiger partial charge in [-0.1, -0.05) is 0 Å². The Morgan fingerprint density at radius 1 is 1.20 bits per heavy atom. The Kier molecular flexibility index (Phi) is 4.43. The van der Waals surface area contributed by atoms with Gasteiger partial charge in [0.15, 0.2) is 0 Å². The molecule has 110 valence electrons. The monoisotopic (exact) mass is 302 g/mol. The number of anilines is 1. The van der Waals surface area contributed by atoms with Gasteiger partial charge in [0, 0.05) is 26.2 Å². The van der Waals surface area contributed by atoms with Gasteiger partial charge in [-0.15, -0.1) is 0 Å². The molecule has 1 aliphatic rings. The van der Waals surface area contributed by atoms with E-state index in [1.807, 2.05) is 4.90 Å². The van der Waals surface area contributed by atoms with Crippen LogP contribution in [0.2, 0.25) is 0 Å². The van der Waals surface area contributed by atoms with Crippen LogP contribution in [0.1, 0.15) is 0 Å². The largest absolute Gasteiger partial charge is 0.707 e. The maximum Gasteiger partial charge on any atom is 0.707 e. The van der Waals surface area contributed by atoms with E-state index >= 15 is 0 Å². The van der Waals surface area contributed by atoms with Gasteiger partial charge in [0.05, 0.1) is 18.6 Å². The lowest BCUT2D eigenvalue weighted by atomic mass is 10.2. The fourth-order valence-electron chi connectivity index (χ4n) is 1.87. The standard InChI is InChI=1S/C9H15BN4O5S/c1-20(17,18)14-4-2-13(3-5-14)9-11-6-8(7-12-9)19-10(15)16/h6-7,15-16H,2-5H2,1H3. The summed E-state index contributed by atoms with van der Waals surface area (Å²) in [4.78, 5) is 9.93. The molecule has 9 nitrogen and oxygen atoms in total. The van der Waals surface area contributed by atoms with Crippen LogP contribution in [0.25, 0.3) is 0 Å². The smallest absolute Gasteiger partial charge is 0.509 e. The molecular weight excluding hydrogens is 287 g/mol. The highest BCUT2D eigenvalue weighted by atomic mass is 32.2. The SMILES string of the molecule is CS(=O)(=O)N1CCN(c2ncc(OB(O)O)cn2)CC1. The van der Waals surface area contributed by atoms with Crippen molar-refractivity contribution in [2.45, 2.75) is 0 Å². The second-order valence-corrected chi connectivity index (χ2v) is 6.29. The Hall–Kier alpha value is -1.43. The molecule has 0 amide bonds. The van der Waals surface area contributed by atoms with Crippen LogP contribution in [0, 0.1) is 0 Å². The quantitative estimate of drug-likeness (QED) is 0.608. The van der Waals surface area contributed by atoms with Crippen molar-refractivity contribution < 1.29 is 23.1 Å². The topological polar surface area (TPSA) is 116 Å². The minimum Gasteiger partial charge on any atom is -0.509 e. The van der Waals surface area contributed by atoms with E-state index in [2.05, 4.69) is 14.6 Å². The molecule has 0 aliphatic carbocycles.